The van der Waals surface area contributed by atoms with E-state index in [1.165, 1.54) is 0 Å². The van der Waals surface area contributed by atoms with Crippen LogP contribution in [0.25, 0.3) is 11.0 Å². The number of rotatable bonds is 6. The van der Waals surface area contributed by atoms with Gasteiger partial charge < -0.3 is 29.6 Å². The number of ether oxygens (including phenoxy) is 1. The van der Waals surface area contributed by atoms with E-state index in [0.29, 0.717) is 35.1 Å². The minimum Gasteiger partial charge on any atom is -0.486 e. The molecular weight excluding hydrogens is 524 g/mol. The first-order valence-corrected chi connectivity index (χ1v) is 14.4. The quantitative estimate of drug-likeness (QED) is 0.313. The monoisotopic (exact) mass is 558 g/mol. The van der Waals surface area contributed by atoms with Gasteiger partial charge in [0, 0.05) is 29.1 Å². The highest BCUT2D eigenvalue weighted by molar-refractivity contribution is 5.98. The summed E-state index contributed by atoms with van der Waals surface area (Å²) in [4.78, 5) is 42.5. The predicted molar refractivity (Wildman–Crippen MR) is 152 cm³/mol. The Labute approximate surface area is 237 Å². The third kappa shape index (κ3) is 5.04. The number of nitrogens with one attached hydrogen (secondary N) is 1. The molecule has 2 amide bonds. The number of fused-ring (bicyclic) bond motifs is 4. The summed E-state index contributed by atoms with van der Waals surface area (Å²) in [5.41, 5.74) is 0.668. The normalized spacial score (nSPS) is 24.0. The van der Waals surface area contributed by atoms with E-state index in [1.54, 1.807) is 47.4 Å². The second kappa shape index (κ2) is 11.5. The van der Waals surface area contributed by atoms with E-state index in [2.05, 4.69) is 5.32 Å². The van der Waals surface area contributed by atoms with Gasteiger partial charge in [0.1, 0.15) is 29.1 Å². The Kier molecular flexibility index (Phi) is 7.64. The number of carbonyl (C=O) groups is 2. The molecule has 3 aliphatic rings. The van der Waals surface area contributed by atoms with Crippen molar-refractivity contribution in [3.63, 3.8) is 0 Å². The van der Waals surface area contributed by atoms with Crippen LogP contribution in [0.1, 0.15) is 60.4 Å². The van der Waals surface area contributed by atoms with Gasteiger partial charge in [0.05, 0.1) is 18.6 Å². The lowest BCUT2D eigenvalue weighted by Gasteiger charge is -2.44. The molecule has 1 aromatic heterocycles. The van der Waals surface area contributed by atoms with Crippen LogP contribution in [-0.2, 0) is 4.79 Å². The van der Waals surface area contributed by atoms with Crippen molar-refractivity contribution in [2.24, 2.45) is 0 Å². The number of para-hydroxylation sites is 2. The molecule has 0 spiro atoms. The van der Waals surface area contributed by atoms with Crippen molar-refractivity contribution in [2.75, 3.05) is 13.2 Å². The molecular formula is C32H34N2O7. The van der Waals surface area contributed by atoms with Crippen LogP contribution in [0.15, 0.2) is 75.5 Å². The number of hydrogen-bond acceptors (Lipinski definition) is 7. The molecule has 214 valence electrons. The standard InChI is InChI=1S/C32H34N2O7/c35-16-15-33-30(37)22-18-24(28(36)29-27(22)21-12-6-8-14-26(21)40-29)34(20-10-3-1-2-4-11-20)31(38)23-17-19-9-5-7-13-25(19)41-32(23)39/h5-9,12-14,17-18,20,24,27-29,35-36H,1-4,10-11,15-16H2,(H,33,37)/t24-,27+,28+,29+/m1/s1. The van der Waals surface area contributed by atoms with E-state index in [4.69, 9.17) is 9.15 Å². The zero-order valence-electron chi connectivity index (χ0n) is 22.7. The van der Waals surface area contributed by atoms with E-state index in [1.807, 2.05) is 18.2 Å². The van der Waals surface area contributed by atoms with Crippen LogP contribution in [0.3, 0.4) is 0 Å². The average molecular weight is 559 g/mol. The third-order valence-corrected chi connectivity index (χ3v) is 8.52. The van der Waals surface area contributed by atoms with Gasteiger partial charge in [-0.3, -0.25) is 9.59 Å². The highest BCUT2D eigenvalue weighted by atomic mass is 16.5. The fraction of sp³-hybridized carbons (Fsp3) is 0.406. The molecule has 9 nitrogen and oxygen atoms in total. The van der Waals surface area contributed by atoms with Gasteiger partial charge in [0.15, 0.2) is 0 Å². The molecule has 2 aromatic carbocycles. The molecule has 41 heavy (non-hydrogen) atoms. The number of aliphatic hydroxyl groups is 2. The van der Waals surface area contributed by atoms with Gasteiger partial charge >= 0.3 is 5.63 Å². The SMILES string of the molecule is O=C(NCCO)C1=C[C@@H](N(C(=O)c2cc3ccccc3oc2=O)C2CCCCCC2)[C@H](O)[C@H]2Oc3ccccc3[C@@H]12. The molecule has 3 N–H and O–H groups in total. The molecule has 9 heteroatoms. The summed E-state index contributed by atoms with van der Waals surface area (Å²) in [6.07, 6.45) is 5.00. The molecule has 4 atom stereocenters. The van der Waals surface area contributed by atoms with Crippen molar-refractivity contribution in [2.45, 2.75) is 68.7 Å². The molecule has 1 aliphatic heterocycles. The highest BCUT2D eigenvalue weighted by Gasteiger charge is 2.51. The molecule has 0 radical (unpaired) electrons. The van der Waals surface area contributed by atoms with E-state index < -0.39 is 41.6 Å². The lowest BCUT2D eigenvalue weighted by atomic mass is 9.77. The van der Waals surface area contributed by atoms with E-state index in [0.717, 1.165) is 31.2 Å². The molecule has 0 saturated heterocycles. The molecule has 0 bridgehead atoms. The number of benzene rings is 2. The van der Waals surface area contributed by atoms with Crippen LogP contribution in [0.5, 0.6) is 5.75 Å². The van der Waals surface area contributed by atoms with Gasteiger partial charge in [-0.2, -0.15) is 0 Å². The van der Waals surface area contributed by atoms with Crippen molar-refractivity contribution < 1.29 is 29.0 Å². The van der Waals surface area contributed by atoms with Gasteiger partial charge in [0.2, 0.25) is 5.91 Å². The summed E-state index contributed by atoms with van der Waals surface area (Å²) in [7, 11) is 0. The van der Waals surface area contributed by atoms with E-state index in [9.17, 15) is 24.6 Å². The summed E-state index contributed by atoms with van der Waals surface area (Å²) < 4.78 is 11.7. The Hall–Kier alpha value is -3.95. The number of amides is 2. The van der Waals surface area contributed by atoms with Crippen LogP contribution in [0, 0.1) is 0 Å². The largest absolute Gasteiger partial charge is 0.486 e. The fourth-order valence-corrected chi connectivity index (χ4v) is 6.59. The zero-order valence-corrected chi connectivity index (χ0v) is 22.7. The van der Waals surface area contributed by atoms with Crippen LogP contribution < -0.4 is 15.7 Å². The van der Waals surface area contributed by atoms with Crippen molar-refractivity contribution in [3.05, 3.63) is 87.8 Å². The van der Waals surface area contributed by atoms with Gasteiger partial charge in [-0.1, -0.05) is 62.1 Å². The maximum atomic E-state index is 14.4. The van der Waals surface area contributed by atoms with Crippen LogP contribution in [-0.4, -0.2) is 64.4 Å². The maximum Gasteiger partial charge on any atom is 0.349 e. The minimum atomic E-state index is -1.17. The molecule has 2 aliphatic carbocycles. The van der Waals surface area contributed by atoms with Crippen molar-refractivity contribution in [1.82, 2.24) is 10.2 Å². The Morgan fingerprint density at radius 1 is 1.00 bits per heavy atom. The maximum absolute atomic E-state index is 14.4. The smallest absolute Gasteiger partial charge is 0.349 e. The highest BCUT2D eigenvalue weighted by Crippen LogP contribution is 2.47. The number of nitrogens with zero attached hydrogens (tertiary/aromatic N) is 1. The molecule has 6 rings (SSSR count). The third-order valence-electron chi connectivity index (χ3n) is 8.52. The molecule has 2 heterocycles. The Morgan fingerprint density at radius 3 is 2.51 bits per heavy atom. The number of aliphatic hydroxyl groups excluding tert-OH is 2. The lowest BCUT2D eigenvalue weighted by Crippen LogP contribution is -2.58. The summed E-state index contributed by atoms with van der Waals surface area (Å²) in [5, 5.41) is 24.6. The van der Waals surface area contributed by atoms with Gasteiger partial charge in [-0.15, -0.1) is 0 Å². The second-order valence-corrected chi connectivity index (χ2v) is 11.0. The minimum absolute atomic E-state index is 0.0622. The summed E-state index contributed by atoms with van der Waals surface area (Å²) >= 11 is 0. The summed E-state index contributed by atoms with van der Waals surface area (Å²) in [6, 6.07) is 14.7. The summed E-state index contributed by atoms with van der Waals surface area (Å²) in [6.45, 7) is -0.163. The second-order valence-electron chi connectivity index (χ2n) is 11.0. The number of carbonyl (C=O) groups excluding carboxylic acids is 2. The van der Waals surface area contributed by atoms with Gasteiger partial charge in [-0.05, 0) is 37.1 Å². The van der Waals surface area contributed by atoms with Crippen molar-refractivity contribution in [3.8, 4) is 5.75 Å². The van der Waals surface area contributed by atoms with E-state index in [-0.39, 0.29) is 24.8 Å². The first-order valence-electron chi connectivity index (χ1n) is 14.4. The van der Waals surface area contributed by atoms with Crippen LogP contribution in [0.4, 0.5) is 0 Å². The Morgan fingerprint density at radius 2 is 1.73 bits per heavy atom. The van der Waals surface area contributed by atoms with Crippen molar-refractivity contribution >= 4 is 22.8 Å². The Bertz CT molecular complexity index is 1540. The Balaban J connectivity index is 1.47. The zero-order chi connectivity index (χ0) is 28.5. The average Bonchev–Trinajstić information content (AvgIpc) is 3.17. The molecule has 1 saturated carbocycles. The first kappa shape index (κ1) is 27.2. The molecule has 1 fully saturated rings. The predicted octanol–water partition coefficient (Wildman–Crippen LogP) is 3.28. The molecule has 3 aromatic rings. The first-order chi connectivity index (χ1) is 20.0. The lowest BCUT2D eigenvalue weighted by molar-refractivity contribution is -0.118. The van der Waals surface area contributed by atoms with E-state index >= 15 is 0 Å². The van der Waals surface area contributed by atoms with Crippen molar-refractivity contribution in [1.29, 1.82) is 0 Å². The summed E-state index contributed by atoms with van der Waals surface area (Å²) in [5.74, 6) is -0.913. The molecule has 0 unspecified atom stereocenters. The van der Waals surface area contributed by atoms with Gasteiger partial charge in [-0.25, -0.2) is 4.79 Å². The fourth-order valence-electron chi connectivity index (χ4n) is 6.59. The topological polar surface area (TPSA) is 129 Å². The van der Waals surface area contributed by atoms with Crippen LogP contribution >= 0.6 is 0 Å². The van der Waals surface area contributed by atoms with Gasteiger partial charge in [0.25, 0.3) is 5.91 Å². The number of hydrogen-bond donors (Lipinski definition) is 3. The van der Waals surface area contributed by atoms with Crippen LogP contribution in [0.2, 0.25) is 0 Å².